The molecule has 0 fully saturated rings. The number of anilines is 1. The number of thioether (sulfide) groups is 1. The summed E-state index contributed by atoms with van der Waals surface area (Å²) in [5.41, 5.74) is 4.92. The number of nitrogens with zero attached hydrogens (tertiary/aromatic N) is 2. The van der Waals surface area contributed by atoms with Gasteiger partial charge in [0.25, 0.3) is 10.0 Å². The second-order valence-electron chi connectivity index (χ2n) is 5.13. The lowest BCUT2D eigenvalue weighted by Crippen LogP contribution is -2.26. The van der Waals surface area contributed by atoms with E-state index in [1.54, 1.807) is 55.6 Å². The molecular formula is C17H19N3O2S3. The molecule has 0 saturated heterocycles. The topological polar surface area (TPSA) is 61.8 Å². The predicted octanol–water partition coefficient (Wildman–Crippen LogP) is 3.47. The fraction of sp³-hybridized carbons (Fsp3) is 0.176. The third-order valence-corrected chi connectivity index (χ3v) is 6.40. The van der Waals surface area contributed by atoms with E-state index in [2.05, 4.69) is 10.5 Å². The second-order valence-corrected chi connectivity index (χ2v) is 8.59. The maximum Gasteiger partial charge on any atom is 0.264 e. The van der Waals surface area contributed by atoms with E-state index >= 15 is 0 Å². The molecule has 5 nitrogen and oxygen atoms in total. The van der Waals surface area contributed by atoms with E-state index in [0.29, 0.717) is 10.0 Å². The maximum absolute atomic E-state index is 12.7. The Morgan fingerprint density at radius 2 is 1.72 bits per heavy atom. The number of nitrogens with one attached hydrogen (secondary N) is 1. The minimum atomic E-state index is -3.61. The van der Waals surface area contributed by atoms with Crippen LogP contribution in [-0.2, 0) is 10.0 Å². The van der Waals surface area contributed by atoms with Crippen LogP contribution in [0.5, 0.6) is 0 Å². The molecule has 0 bridgehead atoms. The summed E-state index contributed by atoms with van der Waals surface area (Å²) >= 11 is 6.43. The third-order valence-electron chi connectivity index (χ3n) is 3.55. The standard InChI is InChI=1S/C17H19N3O2S3/c1-13(18-19-17(23)24-3)14-9-11-16(12-10-14)25(21,22)20(2)15-7-5-4-6-8-15/h4-12H,1-3H3,(H,19,23)/b18-13+. The number of para-hydroxylation sites is 1. The summed E-state index contributed by atoms with van der Waals surface area (Å²) in [6.07, 6.45) is 1.86. The molecule has 0 aliphatic heterocycles. The zero-order valence-electron chi connectivity index (χ0n) is 14.1. The molecule has 0 heterocycles. The van der Waals surface area contributed by atoms with Gasteiger partial charge in [-0.3, -0.25) is 9.73 Å². The van der Waals surface area contributed by atoms with Crippen LogP contribution in [0.4, 0.5) is 5.69 Å². The molecule has 0 aliphatic carbocycles. The van der Waals surface area contributed by atoms with Gasteiger partial charge >= 0.3 is 0 Å². The minimum absolute atomic E-state index is 0.225. The van der Waals surface area contributed by atoms with Crippen LogP contribution in [0.15, 0.2) is 64.6 Å². The molecule has 0 aliphatic rings. The number of benzene rings is 2. The molecule has 0 atom stereocenters. The van der Waals surface area contributed by atoms with Crippen molar-refractivity contribution in [1.29, 1.82) is 0 Å². The Morgan fingerprint density at radius 1 is 1.12 bits per heavy atom. The summed E-state index contributed by atoms with van der Waals surface area (Å²) in [4.78, 5) is 0.225. The Bertz CT molecular complexity index is 864. The Morgan fingerprint density at radius 3 is 2.28 bits per heavy atom. The van der Waals surface area contributed by atoms with Crippen molar-refractivity contribution in [3.8, 4) is 0 Å². The van der Waals surface area contributed by atoms with Gasteiger partial charge in [-0.25, -0.2) is 8.42 Å². The van der Waals surface area contributed by atoms with Crippen LogP contribution >= 0.6 is 24.0 Å². The van der Waals surface area contributed by atoms with Crippen LogP contribution in [0.1, 0.15) is 12.5 Å². The molecule has 0 aromatic heterocycles. The number of hydrogen-bond donors (Lipinski definition) is 1. The predicted molar refractivity (Wildman–Crippen MR) is 110 cm³/mol. The van der Waals surface area contributed by atoms with Gasteiger partial charge in [-0.15, -0.1) is 0 Å². The average molecular weight is 394 g/mol. The van der Waals surface area contributed by atoms with E-state index in [0.717, 1.165) is 11.3 Å². The van der Waals surface area contributed by atoms with Crippen molar-refractivity contribution < 1.29 is 8.42 Å². The fourth-order valence-electron chi connectivity index (χ4n) is 2.04. The van der Waals surface area contributed by atoms with Gasteiger partial charge in [0.15, 0.2) is 4.32 Å². The molecule has 25 heavy (non-hydrogen) atoms. The monoisotopic (exact) mass is 393 g/mol. The summed E-state index contributed by atoms with van der Waals surface area (Å²) in [7, 11) is -2.07. The van der Waals surface area contributed by atoms with E-state index in [9.17, 15) is 8.42 Å². The molecule has 2 rings (SSSR count). The van der Waals surface area contributed by atoms with E-state index in [1.807, 2.05) is 19.2 Å². The normalized spacial score (nSPS) is 11.9. The van der Waals surface area contributed by atoms with E-state index in [1.165, 1.54) is 16.1 Å². The Hall–Kier alpha value is -1.90. The van der Waals surface area contributed by atoms with Crippen molar-refractivity contribution >= 4 is 49.7 Å². The highest BCUT2D eigenvalue weighted by Gasteiger charge is 2.21. The van der Waals surface area contributed by atoms with Gasteiger partial charge in [-0.05, 0) is 43.0 Å². The third kappa shape index (κ3) is 4.81. The first-order valence-electron chi connectivity index (χ1n) is 7.39. The lowest BCUT2D eigenvalue weighted by atomic mass is 10.1. The van der Waals surface area contributed by atoms with Crippen molar-refractivity contribution in [3.63, 3.8) is 0 Å². The molecule has 0 saturated carbocycles. The Labute approximate surface area is 158 Å². The Balaban J connectivity index is 2.22. The molecule has 0 radical (unpaired) electrons. The SMILES string of the molecule is CSC(=S)N/N=C(\C)c1ccc(S(=O)(=O)N(C)c2ccccc2)cc1. The minimum Gasteiger partial charge on any atom is -0.269 e. The first kappa shape index (κ1) is 19.4. The van der Waals surface area contributed by atoms with Crippen LogP contribution in [0.3, 0.4) is 0 Å². The first-order valence-corrected chi connectivity index (χ1v) is 10.5. The van der Waals surface area contributed by atoms with Crippen molar-refractivity contribution in [2.45, 2.75) is 11.8 Å². The second kappa shape index (κ2) is 8.46. The molecule has 0 unspecified atom stereocenters. The van der Waals surface area contributed by atoms with Crippen molar-refractivity contribution in [1.82, 2.24) is 5.43 Å². The number of hydrazone groups is 1. The number of hydrogen-bond acceptors (Lipinski definition) is 5. The molecule has 0 spiro atoms. The molecule has 0 amide bonds. The summed E-state index contributed by atoms with van der Waals surface area (Å²) in [5, 5.41) is 4.18. The lowest BCUT2D eigenvalue weighted by Gasteiger charge is -2.19. The molecule has 2 aromatic rings. The van der Waals surface area contributed by atoms with E-state index < -0.39 is 10.0 Å². The van der Waals surface area contributed by atoms with Crippen molar-refractivity contribution in [2.75, 3.05) is 17.6 Å². The van der Waals surface area contributed by atoms with E-state index in [4.69, 9.17) is 12.2 Å². The van der Waals surface area contributed by atoms with Crippen LogP contribution < -0.4 is 9.73 Å². The number of thiocarbonyl (C=S) groups is 1. The molecule has 1 N–H and O–H groups in total. The Kier molecular flexibility index (Phi) is 6.57. The zero-order valence-corrected chi connectivity index (χ0v) is 16.6. The zero-order chi connectivity index (χ0) is 18.4. The highest BCUT2D eigenvalue weighted by Crippen LogP contribution is 2.22. The van der Waals surface area contributed by atoms with Crippen LogP contribution in [0.25, 0.3) is 0 Å². The average Bonchev–Trinajstić information content (AvgIpc) is 2.65. The molecule has 132 valence electrons. The van der Waals surface area contributed by atoms with Crippen LogP contribution in [0, 0.1) is 0 Å². The van der Waals surface area contributed by atoms with Gasteiger partial charge in [0.1, 0.15) is 0 Å². The molecule has 8 heteroatoms. The van der Waals surface area contributed by atoms with Gasteiger partial charge < -0.3 is 0 Å². The maximum atomic E-state index is 12.7. The largest absolute Gasteiger partial charge is 0.269 e. The van der Waals surface area contributed by atoms with Gasteiger partial charge in [-0.1, -0.05) is 54.3 Å². The smallest absolute Gasteiger partial charge is 0.264 e. The number of rotatable bonds is 5. The quantitative estimate of drug-likeness (QED) is 0.479. The van der Waals surface area contributed by atoms with Crippen LogP contribution in [-0.4, -0.2) is 31.8 Å². The van der Waals surface area contributed by atoms with E-state index in [-0.39, 0.29) is 4.90 Å². The van der Waals surface area contributed by atoms with Crippen molar-refractivity contribution in [3.05, 3.63) is 60.2 Å². The number of sulfonamides is 1. The first-order chi connectivity index (χ1) is 11.9. The van der Waals surface area contributed by atoms with Gasteiger partial charge in [-0.2, -0.15) is 5.10 Å². The van der Waals surface area contributed by atoms with Crippen molar-refractivity contribution in [2.24, 2.45) is 5.10 Å². The highest BCUT2D eigenvalue weighted by atomic mass is 32.2. The molecule has 2 aromatic carbocycles. The van der Waals surface area contributed by atoms with Gasteiger partial charge in [0.05, 0.1) is 16.3 Å². The highest BCUT2D eigenvalue weighted by molar-refractivity contribution is 8.22. The lowest BCUT2D eigenvalue weighted by molar-refractivity contribution is 0.594. The summed E-state index contributed by atoms with van der Waals surface area (Å²) in [6, 6.07) is 15.6. The summed E-state index contributed by atoms with van der Waals surface area (Å²) < 4.78 is 27.3. The summed E-state index contributed by atoms with van der Waals surface area (Å²) in [5.74, 6) is 0. The fourth-order valence-corrected chi connectivity index (χ4v) is 3.42. The van der Waals surface area contributed by atoms with Crippen LogP contribution in [0.2, 0.25) is 0 Å². The van der Waals surface area contributed by atoms with Gasteiger partial charge in [0, 0.05) is 7.05 Å². The summed E-state index contributed by atoms with van der Waals surface area (Å²) in [6.45, 7) is 1.83. The molecular weight excluding hydrogens is 374 g/mol. The van der Waals surface area contributed by atoms with Gasteiger partial charge in [0.2, 0.25) is 0 Å².